The monoisotopic (exact) mass is 399 g/mol. The van der Waals surface area contributed by atoms with Crippen LogP contribution < -0.4 is 0 Å². The van der Waals surface area contributed by atoms with E-state index >= 15 is 0 Å². The third kappa shape index (κ3) is 2.77. The molecule has 0 saturated carbocycles. The largest absolute Gasteiger partial charge is 0.473 e. The van der Waals surface area contributed by atoms with E-state index in [9.17, 15) is 4.79 Å². The van der Waals surface area contributed by atoms with Gasteiger partial charge in [0, 0.05) is 5.56 Å². The minimum absolute atomic E-state index is 0. The van der Waals surface area contributed by atoms with Gasteiger partial charge in [-0.05, 0) is 48.2 Å². The number of carboxylic acids is 2. The van der Waals surface area contributed by atoms with Gasteiger partial charge >= 0.3 is 11.9 Å². The first-order chi connectivity index (χ1) is 13.3. The molecule has 0 spiro atoms. The average molecular weight is 399 g/mol. The van der Waals surface area contributed by atoms with Gasteiger partial charge in [0.05, 0.1) is 11.1 Å². The quantitative estimate of drug-likeness (QED) is 0.603. The Kier molecular flexibility index (Phi) is 5.96. The molecule has 4 rings (SSSR count). The first-order valence-electron chi connectivity index (χ1n) is 9.21. The molecule has 2 aromatic carbocycles. The van der Waals surface area contributed by atoms with Crippen LogP contribution in [0.5, 0.6) is 0 Å². The van der Waals surface area contributed by atoms with Crippen LogP contribution in [-0.2, 0) is 20.7 Å². The molecule has 2 atom stereocenters. The number of benzene rings is 2. The standard InChI is InChI=1S/C20H21NO.C2H2O4.H2O/c1-4-19-15-8-6-7-9-16(15)20(5-2,21(19)3)18-12-14(13-22)10-11-17(18)19;3-1(4)2(5)6;/h6-13H,4-5H2,1-3H3;(H,3,4)(H,5,6);1H2. The summed E-state index contributed by atoms with van der Waals surface area (Å²) in [6.07, 6.45) is 3.01. The maximum Gasteiger partial charge on any atom is 0.414 e. The number of carbonyl (C=O) groups excluding carboxylic acids is 1. The lowest BCUT2D eigenvalue weighted by Crippen LogP contribution is -2.42. The molecule has 0 aliphatic carbocycles. The number of hydrogen-bond acceptors (Lipinski definition) is 4. The molecule has 0 saturated heterocycles. The van der Waals surface area contributed by atoms with E-state index in [0.29, 0.717) is 0 Å². The van der Waals surface area contributed by atoms with Gasteiger partial charge < -0.3 is 15.7 Å². The molecule has 2 bridgehead atoms. The van der Waals surface area contributed by atoms with Crippen LogP contribution >= 0.6 is 0 Å². The lowest BCUT2D eigenvalue weighted by atomic mass is 9.70. The third-order valence-corrected chi connectivity index (χ3v) is 6.24. The van der Waals surface area contributed by atoms with Gasteiger partial charge in [0.15, 0.2) is 0 Å². The van der Waals surface area contributed by atoms with E-state index in [-0.39, 0.29) is 16.6 Å². The fraction of sp³-hybridized carbons (Fsp3) is 0.318. The van der Waals surface area contributed by atoms with Crippen molar-refractivity contribution in [3.05, 3.63) is 70.3 Å². The summed E-state index contributed by atoms with van der Waals surface area (Å²) in [6, 6.07) is 15.1. The Morgan fingerprint density at radius 2 is 1.34 bits per heavy atom. The molecule has 154 valence electrons. The van der Waals surface area contributed by atoms with E-state index in [0.717, 1.165) is 24.7 Å². The summed E-state index contributed by atoms with van der Waals surface area (Å²) in [6.45, 7) is 4.52. The maximum atomic E-state index is 11.3. The van der Waals surface area contributed by atoms with Crippen molar-refractivity contribution in [2.75, 3.05) is 7.05 Å². The number of nitrogens with zero attached hydrogens (tertiary/aromatic N) is 1. The van der Waals surface area contributed by atoms with Gasteiger partial charge in [-0.1, -0.05) is 50.2 Å². The predicted molar refractivity (Wildman–Crippen MR) is 107 cm³/mol. The van der Waals surface area contributed by atoms with E-state index in [1.54, 1.807) is 0 Å². The minimum atomic E-state index is -1.82. The van der Waals surface area contributed by atoms with Gasteiger partial charge in [0.25, 0.3) is 0 Å². The topological polar surface area (TPSA) is 126 Å². The summed E-state index contributed by atoms with van der Waals surface area (Å²) in [7, 11) is 2.24. The first kappa shape index (κ1) is 22.3. The Morgan fingerprint density at radius 1 is 0.897 bits per heavy atom. The lowest BCUT2D eigenvalue weighted by Gasteiger charge is -2.36. The molecule has 7 heteroatoms. The molecule has 29 heavy (non-hydrogen) atoms. The fourth-order valence-electron chi connectivity index (χ4n) is 5.12. The van der Waals surface area contributed by atoms with E-state index in [2.05, 4.69) is 62.2 Å². The molecule has 4 N–H and O–H groups in total. The average Bonchev–Trinajstić information content (AvgIpc) is 3.07. The zero-order valence-corrected chi connectivity index (χ0v) is 16.6. The second-order valence-corrected chi connectivity index (χ2v) is 7.07. The zero-order valence-electron chi connectivity index (χ0n) is 16.6. The number of rotatable bonds is 3. The van der Waals surface area contributed by atoms with Crippen LogP contribution in [0.25, 0.3) is 0 Å². The molecule has 2 aliphatic rings. The highest BCUT2D eigenvalue weighted by Gasteiger charge is 2.63. The van der Waals surface area contributed by atoms with Crippen LogP contribution in [-0.4, -0.2) is 45.9 Å². The van der Waals surface area contributed by atoms with Crippen LogP contribution in [0, 0.1) is 0 Å². The molecule has 0 fully saturated rings. The predicted octanol–water partition coefficient (Wildman–Crippen LogP) is 2.40. The fourth-order valence-corrected chi connectivity index (χ4v) is 5.12. The van der Waals surface area contributed by atoms with Crippen molar-refractivity contribution in [1.29, 1.82) is 0 Å². The first-order valence-corrected chi connectivity index (χ1v) is 9.21. The van der Waals surface area contributed by atoms with Crippen molar-refractivity contribution in [1.82, 2.24) is 4.90 Å². The summed E-state index contributed by atoms with van der Waals surface area (Å²) in [5, 5.41) is 14.8. The number of hydrogen-bond donors (Lipinski definition) is 2. The minimum Gasteiger partial charge on any atom is -0.473 e. The summed E-state index contributed by atoms with van der Waals surface area (Å²) >= 11 is 0. The van der Waals surface area contributed by atoms with Gasteiger partial charge in [0.1, 0.15) is 6.29 Å². The zero-order chi connectivity index (χ0) is 20.7. The Morgan fingerprint density at radius 3 is 1.76 bits per heavy atom. The van der Waals surface area contributed by atoms with Crippen molar-refractivity contribution in [2.45, 2.75) is 37.8 Å². The van der Waals surface area contributed by atoms with Crippen LogP contribution in [0.4, 0.5) is 0 Å². The summed E-state index contributed by atoms with van der Waals surface area (Å²) < 4.78 is 0. The Balaban J connectivity index is 0.000000379. The Labute approximate surface area is 168 Å². The van der Waals surface area contributed by atoms with Crippen LogP contribution in [0.1, 0.15) is 59.3 Å². The lowest BCUT2D eigenvalue weighted by molar-refractivity contribution is -0.159. The van der Waals surface area contributed by atoms with E-state index in [1.807, 2.05) is 6.07 Å². The molecule has 0 radical (unpaired) electrons. The summed E-state index contributed by atoms with van der Waals surface area (Å²) in [4.78, 5) is 32.0. The molecule has 0 amide bonds. The van der Waals surface area contributed by atoms with Crippen LogP contribution in [0.15, 0.2) is 42.5 Å². The van der Waals surface area contributed by atoms with Crippen LogP contribution in [0.3, 0.4) is 0 Å². The summed E-state index contributed by atoms with van der Waals surface area (Å²) in [5.74, 6) is -3.65. The molecular formula is C22H25NO6. The molecule has 2 unspecified atom stereocenters. The summed E-state index contributed by atoms with van der Waals surface area (Å²) in [5.41, 5.74) is 6.18. The normalized spacial score (nSPS) is 23.1. The van der Waals surface area contributed by atoms with Gasteiger partial charge in [0.2, 0.25) is 0 Å². The number of fused-ring (bicyclic) bond motifs is 8. The van der Waals surface area contributed by atoms with Crippen LogP contribution in [0.2, 0.25) is 0 Å². The van der Waals surface area contributed by atoms with Gasteiger partial charge in [-0.15, -0.1) is 0 Å². The highest BCUT2D eigenvalue weighted by Crippen LogP contribution is 2.64. The number of aliphatic carboxylic acids is 2. The highest BCUT2D eigenvalue weighted by atomic mass is 16.4. The second kappa shape index (κ2) is 7.77. The molecule has 2 heterocycles. The van der Waals surface area contributed by atoms with Crippen molar-refractivity contribution < 1.29 is 30.1 Å². The number of aldehydes is 1. The van der Waals surface area contributed by atoms with Crippen molar-refractivity contribution in [3.63, 3.8) is 0 Å². The number of carboxylic acid groups (broad SMARTS) is 2. The molecule has 0 aromatic heterocycles. The third-order valence-electron chi connectivity index (χ3n) is 6.24. The highest BCUT2D eigenvalue weighted by molar-refractivity contribution is 6.27. The van der Waals surface area contributed by atoms with Gasteiger partial charge in [-0.25, -0.2) is 9.59 Å². The smallest absolute Gasteiger partial charge is 0.414 e. The molecule has 2 aromatic rings. The van der Waals surface area contributed by atoms with Gasteiger partial charge in [-0.3, -0.25) is 9.69 Å². The molecule has 7 nitrogen and oxygen atoms in total. The van der Waals surface area contributed by atoms with Crippen molar-refractivity contribution in [2.24, 2.45) is 0 Å². The molecule has 2 aliphatic heterocycles. The maximum absolute atomic E-state index is 11.3. The van der Waals surface area contributed by atoms with E-state index in [4.69, 9.17) is 19.8 Å². The van der Waals surface area contributed by atoms with Crippen molar-refractivity contribution >= 4 is 18.2 Å². The molecular weight excluding hydrogens is 374 g/mol. The van der Waals surface area contributed by atoms with E-state index in [1.165, 1.54) is 22.3 Å². The number of carbonyl (C=O) groups is 3. The van der Waals surface area contributed by atoms with Gasteiger partial charge in [-0.2, -0.15) is 0 Å². The van der Waals surface area contributed by atoms with E-state index < -0.39 is 11.9 Å². The Bertz CT molecular complexity index is 960. The second-order valence-electron chi connectivity index (χ2n) is 7.07. The van der Waals surface area contributed by atoms with Crippen molar-refractivity contribution in [3.8, 4) is 0 Å². The SMILES string of the molecule is CCC12c3ccccc3C(CC)(c3cc(C=O)ccc31)N2C.O.O=C(O)C(=O)O. The Hall–Kier alpha value is -3.03.